The number of aliphatic hydroxyl groups excluding tert-OH is 1. The number of hydrogen-bond acceptors (Lipinski definition) is 4. The number of hydrogen-bond donors (Lipinski definition) is 4. The molecule has 8 heteroatoms. The van der Waals surface area contributed by atoms with Crippen LogP contribution in [-0.2, 0) is 13.9 Å². The molecule has 0 saturated heterocycles. The first kappa shape index (κ1) is 28.3. The van der Waals surface area contributed by atoms with Gasteiger partial charge in [0.1, 0.15) is 0 Å². The van der Waals surface area contributed by atoms with E-state index in [1.54, 1.807) is 0 Å². The van der Waals surface area contributed by atoms with Crippen LogP contribution in [0.15, 0.2) is 12.2 Å². The third kappa shape index (κ3) is 23.4. The van der Waals surface area contributed by atoms with Gasteiger partial charge in [-0.1, -0.05) is 70.4 Å². The summed E-state index contributed by atoms with van der Waals surface area (Å²) < 4.78 is 14.7. The monoisotopic (exact) mass is 435 g/mol. The van der Waals surface area contributed by atoms with E-state index in [-0.39, 0.29) is 12.5 Å². The highest BCUT2D eigenvalue weighted by molar-refractivity contribution is 7.46. The lowest BCUT2D eigenvalue weighted by Crippen LogP contribution is -2.34. The molecule has 7 nitrogen and oxygen atoms in total. The van der Waals surface area contributed by atoms with Gasteiger partial charge in [0.2, 0.25) is 5.91 Å². The lowest BCUT2D eigenvalue weighted by atomic mass is 10.1. The van der Waals surface area contributed by atoms with Gasteiger partial charge >= 0.3 is 7.82 Å². The van der Waals surface area contributed by atoms with Crippen molar-refractivity contribution in [3.8, 4) is 0 Å². The number of carbonyl (C=O) groups is 1. The smallest absolute Gasteiger partial charge is 0.389 e. The van der Waals surface area contributed by atoms with Crippen LogP contribution in [0, 0.1) is 0 Å². The van der Waals surface area contributed by atoms with Gasteiger partial charge < -0.3 is 20.2 Å². The van der Waals surface area contributed by atoms with E-state index >= 15 is 0 Å². The summed E-state index contributed by atoms with van der Waals surface area (Å²) in [5, 5.41) is 12.0. The van der Waals surface area contributed by atoms with Crippen LogP contribution in [0.1, 0.15) is 96.8 Å². The van der Waals surface area contributed by atoms with Crippen LogP contribution in [0.5, 0.6) is 0 Å². The summed E-state index contributed by atoms with van der Waals surface area (Å²) in [6.07, 6.45) is 19.5. The van der Waals surface area contributed by atoms with Crippen molar-refractivity contribution < 1.29 is 28.8 Å². The maximum absolute atomic E-state index is 11.7. The van der Waals surface area contributed by atoms with E-state index in [4.69, 9.17) is 9.79 Å². The Morgan fingerprint density at radius 2 is 1.45 bits per heavy atom. The molecule has 29 heavy (non-hydrogen) atoms. The number of phosphoric acid groups is 1. The van der Waals surface area contributed by atoms with Gasteiger partial charge in [0, 0.05) is 13.0 Å². The van der Waals surface area contributed by atoms with Gasteiger partial charge in [0.15, 0.2) is 0 Å². The summed E-state index contributed by atoms with van der Waals surface area (Å²) in [4.78, 5) is 28.7. The summed E-state index contributed by atoms with van der Waals surface area (Å²) >= 11 is 0. The fraction of sp³-hybridized carbons (Fsp3) is 0.857. The minimum atomic E-state index is -4.59. The molecule has 0 aliphatic heterocycles. The second-order valence-electron chi connectivity index (χ2n) is 7.58. The van der Waals surface area contributed by atoms with Crippen molar-refractivity contribution in [1.29, 1.82) is 0 Å². The molecule has 0 rings (SSSR count). The molecule has 172 valence electrons. The lowest BCUT2D eigenvalue weighted by Gasteiger charge is -2.12. The average Bonchev–Trinajstić information content (AvgIpc) is 2.67. The third-order valence-corrected chi connectivity index (χ3v) is 5.12. The van der Waals surface area contributed by atoms with Gasteiger partial charge in [-0.05, 0) is 32.1 Å². The van der Waals surface area contributed by atoms with Crippen LogP contribution >= 0.6 is 7.82 Å². The Hall–Kier alpha value is -0.720. The number of amides is 1. The van der Waals surface area contributed by atoms with Crippen LogP contribution in [0.2, 0.25) is 0 Å². The van der Waals surface area contributed by atoms with Crippen LogP contribution in [-0.4, -0.2) is 40.1 Å². The Morgan fingerprint density at radius 3 is 2.00 bits per heavy atom. The number of carbonyl (C=O) groups excluding carboxylic acids is 1. The lowest BCUT2D eigenvalue weighted by molar-refractivity contribution is -0.121. The normalized spacial score (nSPS) is 13.1. The molecule has 1 amide bonds. The summed E-state index contributed by atoms with van der Waals surface area (Å²) in [5.74, 6) is -0.165. The van der Waals surface area contributed by atoms with E-state index in [1.165, 1.54) is 64.2 Å². The van der Waals surface area contributed by atoms with E-state index < -0.39 is 20.5 Å². The molecular formula is C21H42NO6P. The molecule has 1 atom stereocenters. The zero-order valence-corrected chi connectivity index (χ0v) is 19.0. The minimum Gasteiger partial charge on any atom is -0.389 e. The topological polar surface area (TPSA) is 116 Å². The Balaban J connectivity index is 3.36. The predicted octanol–water partition coefficient (Wildman–Crippen LogP) is 4.61. The Bertz CT molecular complexity index is 466. The SMILES string of the molecule is CCCCCC/C=C/CCCCCCCCCC(=O)NCC(O)COP(=O)(O)O. The number of phosphoric ester groups is 1. The zero-order valence-electron chi connectivity index (χ0n) is 18.1. The van der Waals surface area contributed by atoms with E-state index in [2.05, 4.69) is 28.9 Å². The Kier molecular flexibility index (Phi) is 18.8. The van der Waals surface area contributed by atoms with Crippen molar-refractivity contribution in [1.82, 2.24) is 5.32 Å². The number of unbranched alkanes of at least 4 members (excludes halogenated alkanes) is 11. The number of aliphatic hydroxyl groups is 1. The van der Waals surface area contributed by atoms with Crippen molar-refractivity contribution >= 4 is 13.7 Å². The molecule has 0 aliphatic carbocycles. The largest absolute Gasteiger partial charge is 0.469 e. The molecule has 0 saturated carbocycles. The summed E-state index contributed by atoms with van der Waals surface area (Å²) in [5.41, 5.74) is 0. The number of rotatable bonds is 20. The molecule has 0 aliphatic rings. The minimum absolute atomic E-state index is 0.0774. The molecule has 0 spiro atoms. The highest BCUT2D eigenvalue weighted by Gasteiger charge is 2.17. The van der Waals surface area contributed by atoms with Crippen LogP contribution < -0.4 is 5.32 Å². The molecule has 0 aromatic heterocycles. The molecule has 0 aromatic rings. The zero-order chi connectivity index (χ0) is 21.8. The first-order valence-corrected chi connectivity index (χ1v) is 12.7. The third-order valence-electron chi connectivity index (χ3n) is 4.64. The van der Waals surface area contributed by atoms with Gasteiger partial charge in [-0.25, -0.2) is 4.57 Å². The molecule has 0 heterocycles. The second-order valence-corrected chi connectivity index (χ2v) is 8.82. The number of allylic oxidation sites excluding steroid dienone is 2. The van der Waals surface area contributed by atoms with Gasteiger partial charge in [0.25, 0.3) is 0 Å². The standard InChI is InChI=1S/C21H42NO6P/c1-2-3-4-5-6-7-8-9-10-11-12-13-14-15-16-17-21(24)22-18-20(23)19-28-29(25,26)27/h7-8,20,23H,2-6,9-19H2,1H3,(H,22,24)(H2,25,26,27)/b8-7+. The Labute approximate surface area is 176 Å². The Morgan fingerprint density at radius 1 is 0.931 bits per heavy atom. The van der Waals surface area contributed by atoms with Gasteiger partial charge in [-0.15, -0.1) is 0 Å². The highest BCUT2D eigenvalue weighted by Crippen LogP contribution is 2.35. The molecule has 0 radical (unpaired) electrons. The second kappa shape index (κ2) is 19.3. The average molecular weight is 436 g/mol. The van der Waals surface area contributed by atoms with E-state index in [0.717, 1.165) is 19.3 Å². The van der Waals surface area contributed by atoms with Crippen LogP contribution in [0.4, 0.5) is 0 Å². The molecule has 4 N–H and O–H groups in total. The molecule has 1 unspecified atom stereocenters. The van der Waals surface area contributed by atoms with Crippen molar-refractivity contribution in [2.24, 2.45) is 0 Å². The molecule has 0 fully saturated rings. The maximum atomic E-state index is 11.7. The summed E-state index contributed by atoms with van der Waals surface area (Å²) in [6.45, 7) is 1.64. The molecule has 0 aromatic carbocycles. The first-order chi connectivity index (χ1) is 13.8. The quantitative estimate of drug-likeness (QED) is 0.126. The summed E-state index contributed by atoms with van der Waals surface area (Å²) in [7, 11) is -4.59. The van der Waals surface area contributed by atoms with Crippen molar-refractivity contribution in [3.05, 3.63) is 12.2 Å². The fourth-order valence-electron chi connectivity index (χ4n) is 2.92. The van der Waals surface area contributed by atoms with E-state index in [1.807, 2.05) is 0 Å². The van der Waals surface area contributed by atoms with Gasteiger partial charge in [-0.2, -0.15) is 0 Å². The van der Waals surface area contributed by atoms with Gasteiger partial charge in [0.05, 0.1) is 12.7 Å². The number of nitrogens with one attached hydrogen (secondary N) is 1. The fourth-order valence-corrected chi connectivity index (χ4v) is 3.28. The van der Waals surface area contributed by atoms with Crippen molar-refractivity contribution in [2.75, 3.05) is 13.2 Å². The molecule has 0 bridgehead atoms. The van der Waals surface area contributed by atoms with Crippen LogP contribution in [0.25, 0.3) is 0 Å². The van der Waals surface area contributed by atoms with Crippen LogP contribution in [0.3, 0.4) is 0 Å². The van der Waals surface area contributed by atoms with Crippen molar-refractivity contribution in [3.63, 3.8) is 0 Å². The van der Waals surface area contributed by atoms with Gasteiger partial charge in [-0.3, -0.25) is 9.32 Å². The first-order valence-electron chi connectivity index (χ1n) is 11.1. The summed E-state index contributed by atoms with van der Waals surface area (Å²) in [6, 6.07) is 0. The molecular weight excluding hydrogens is 393 g/mol. The highest BCUT2D eigenvalue weighted by atomic mass is 31.2. The maximum Gasteiger partial charge on any atom is 0.469 e. The van der Waals surface area contributed by atoms with Crippen molar-refractivity contribution in [2.45, 2.75) is 103 Å². The van der Waals surface area contributed by atoms with E-state index in [9.17, 15) is 14.5 Å². The van der Waals surface area contributed by atoms with E-state index in [0.29, 0.717) is 6.42 Å². The predicted molar refractivity (Wildman–Crippen MR) is 116 cm³/mol.